The number of hydrogen-bond donors (Lipinski definition) is 1. The molecule has 0 aliphatic heterocycles. The van der Waals surface area contributed by atoms with Gasteiger partial charge in [0.1, 0.15) is 0 Å². The molecule has 1 atom stereocenters. The number of thiocarbonyl (C=S) groups is 1. The minimum atomic E-state index is 0.253. The van der Waals surface area contributed by atoms with Gasteiger partial charge < -0.3 is 10.5 Å². The zero-order chi connectivity index (χ0) is 11.1. The molecule has 0 aromatic carbocycles. The number of ether oxygens (including phenoxy) is 1. The van der Waals surface area contributed by atoms with Crippen molar-refractivity contribution in [2.24, 2.45) is 5.73 Å². The Bertz CT molecular complexity index is 174. The Morgan fingerprint density at radius 3 is 2.36 bits per heavy atom. The van der Waals surface area contributed by atoms with Crippen molar-refractivity contribution in [3.05, 3.63) is 0 Å². The molecule has 0 saturated heterocycles. The van der Waals surface area contributed by atoms with Crippen LogP contribution in [0.3, 0.4) is 0 Å². The lowest BCUT2D eigenvalue weighted by Gasteiger charge is -2.28. The van der Waals surface area contributed by atoms with E-state index in [1.807, 2.05) is 0 Å². The number of hydrogen-bond acceptors (Lipinski definition) is 3. The molecule has 0 aliphatic rings. The first-order valence-electron chi connectivity index (χ1n) is 5.02. The molecule has 0 rings (SSSR count). The van der Waals surface area contributed by atoms with E-state index in [1.165, 1.54) is 0 Å². The van der Waals surface area contributed by atoms with E-state index in [9.17, 15) is 0 Å². The van der Waals surface area contributed by atoms with Gasteiger partial charge in [-0.15, -0.1) is 0 Å². The SMILES string of the molecule is COC(C)CN(CCC(N)=S)C(C)C. The summed E-state index contributed by atoms with van der Waals surface area (Å²) in [6.07, 6.45) is 1.04. The summed E-state index contributed by atoms with van der Waals surface area (Å²) < 4.78 is 5.23. The second-order valence-electron chi connectivity index (χ2n) is 3.85. The minimum absolute atomic E-state index is 0.253. The van der Waals surface area contributed by atoms with E-state index >= 15 is 0 Å². The zero-order valence-corrected chi connectivity index (χ0v) is 10.4. The maximum Gasteiger partial charge on any atom is 0.0740 e. The molecule has 0 spiro atoms. The molecule has 0 fully saturated rings. The van der Waals surface area contributed by atoms with Gasteiger partial charge in [-0.25, -0.2) is 0 Å². The molecule has 14 heavy (non-hydrogen) atoms. The van der Waals surface area contributed by atoms with Gasteiger partial charge in [-0.3, -0.25) is 4.90 Å². The average molecular weight is 218 g/mol. The van der Waals surface area contributed by atoms with Crippen LogP contribution in [0.1, 0.15) is 27.2 Å². The molecule has 0 amide bonds. The second-order valence-corrected chi connectivity index (χ2v) is 4.38. The van der Waals surface area contributed by atoms with E-state index in [0.717, 1.165) is 19.5 Å². The first-order chi connectivity index (χ1) is 6.47. The quantitative estimate of drug-likeness (QED) is 0.656. The minimum Gasteiger partial charge on any atom is -0.393 e. The van der Waals surface area contributed by atoms with Crippen LogP contribution in [0, 0.1) is 0 Å². The lowest BCUT2D eigenvalue weighted by atomic mass is 10.2. The summed E-state index contributed by atoms with van der Waals surface area (Å²) in [4.78, 5) is 2.91. The van der Waals surface area contributed by atoms with E-state index < -0.39 is 0 Å². The van der Waals surface area contributed by atoms with Crippen molar-refractivity contribution in [2.45, 2.75) is 39.3 Å². The Labute approximate surface area is 92.6 Å². The fourth-order valence-corrected chi connectivity index (χ4v) is 1.31. The Morgan fingerprint density at radius 2 is 2.00 bits per heavy atom. The van der Waals surface area contributed by atoms with Gasteiger partial charge in [0.2, 0.25) is 0 Å². The van der Waals surface area contributed by atoms with Crippen molar-refractivity contribution in [1.29, 1.82) is 0 Å². The standard InChI is InChI=1S/C10H22N2OS/c1-8(2)12(6-5-10(11)14)7-9(3)13-4/h8-9H,5-7H2,1-4H3,(H2,11,14). The van der Waals surface area contributed by atoms with Crippen molar-refractivity contribution >= 4 is 17.2 Å². The van der Waals surface area contributed by atoms with Gasteiger partial charge in [0.15, 0.2) is 0 Å². The van der Waals surface area contributed by atoms with Gasteiger partial charge in [0, 0.05) is 32.7 Å². The summed E-state index contributed by atoms with van der Waals surface area (Å²) in [5.74, 6) is 0. The van der Waals surface area contributed by atoms with Crippen LogP contribution in [-0.4, -0.2) is 42.2 Å². The van der Waals surface area contributed by atoms with Crippen LogP contribution in [0.5, 0.6) is 0 Å². The topological polar surface area (TPSA) is 38.5 Å². The molecule has 0 bridgehead atoms. The molecule has 3 nitrogen and oxygen atoms in total. The molecule has 0 aromatic rings. The van der Waals surface area contributed by atoms with Crippen LogP contribution >= 0.6 is 12.2 Å². The van der Waals surface area contributed by atoms with Crippen LogP contribution in [0.4, 0.5) is 0 Å². The summed E-state index contributed by atoms with van der Waals surface area (Å²) >= 11 is 4.86. The maximum atomic E-state index is 5.48. The monoisotopic (exact) mass is 218 g/mol. The molecule has 0 aliphatic carbocycles. The normalized spacial score (nSPS) is 13.6. The van der Waals surface area contributed by atoms with Crippen LogP contribution < -0.4 is 5.73 Å². The fraction of sp³-hybridized carbons (Fsp3) is 0.900. The molecule has 84 valence electrons. The van der Waals surface area contributed by atoms with Crippen molar-refractivity contribution < 1.29 is 4.74 Å². The van der Waals surface area contributed by atoms with Crippen LogP contribution in [0.2, 0.25) is 0 Å². The van der Waals surface area contributed by atoms with Gasteiger partial charge in [0.25, 0.3) is 0 Å². The highest BCUT2D eigenvalue weighted by molar-refractivity contribution is 7.80. The molecular weight excluding hydrogens is 196 g/mol. The first kappa shape index (κ1) is 13.8. The molecule has 0 saturated carbocycles. The van der Waals surface area contributed by atoms with Gasteiger partial charge in [-0.2, -0.15) is 0 Å². The number of nitrogens with zero attached hydrogens (tertiary/aromatic N) is 1. The van der Waals surface area contributed by atoms with Crippen LogP contribution in [0.15, 0.2) is 0 Å². The number of nitrogens with two attached hydrogens (primary N) is 1. The predicted octanol–water partition coefficient (Wildman–Crippen LogP) is 1.41. The molecule has 0 radical (unpaired) electrons. The largest absolute Gasteiger partial charge is 0.393 e. The first-order valence-corrected chi connectivity index (χ1v) is 5.43. The number of rotatable bonds is 7. The summed E-state index contributed by atoms with van der Waals surface area (Å²) in [7, 11) is 1.73. The Morgan fingerprint density at radius 1 is 1.43 bits per heavy atom. The summed E-state index contributed by atoms with van der Waals surface area (Å²) in [5, 5.41) is 0. The van der Waals surface area contributed by atoms with Gasteiger partial charge in [-0.1, -0.05) is 12.2 Å². The highest BCUT2D eigenvalue weighted by Gasteiger charge is 2.12. The predicted molar refractivity (Wildman–Crippen MR) is 64.6 cm³/mol. The van der Waals surface area contributed by atoms with E-state index in [4.69, 9.17) is 22.7 Å². The van der Waals surface area contributed by atoms with Crippen LogP contribution in [-0.2, 0) is 4.74 Å². The van der Waals surface area contributed by atoms with E-state index in [-0.39, 0.29) is 6.10 Å². The molecule has 0 heterocycles. The maximum absolute atomic E-state index is 5.48. The van der Waals surface area contributed by atoms with Crippen molar-refractivity contribution in [3.8, 4) is 0 Å². The third-order valence-electron chi connectivity index (χ3n) is 2.27. The third kappa shape index (κ3) is 6.29. The molecule has 4 heteroatoms. The highest BCUT2D eigenvalue weighted by atomic mass is 32.1. The molecular formula is C10H22N2OS. The molecule has 0 aromatic heterocycles. The summed E-state index contributed by atoms with van der Waals surface area (Å²) in [5.41, 5.74) is 5.48. The third-order valence-corrected chi connectivity index (χ3v) is 2.47. The Balaban J connectivity index is 3.95. The van der Waals surface area contributed by atoms with Crippen molar-refractivity contribution in [2.75, 3.05) is 20.2 Å². The Hall–Kier alpha value is -0.190. The van der Waals surface area contributed by atoms with Crippen LogP contribution in [0.25, 0.3) is 0 Å². The lowest BCUT2D eigenvalue weighted by molar-refractivity contribution is 0.0668. The van der Waals surface area contributed by atoms with E-state index in [2.05, 4.69) is 25.7 Å². The van der Waals surface area contributed by atoms with Gasteiger partial charge >= 0.3 is 0 Å². The van der Waals surface area contributed by atoms with E-state index in [0.29, 0.717) is 11.0 Å². The highest BCUT2D eigenvalue weighted by Crippen LogP contribution is 2.03. The summed E-state index contributed by atoms with van der Waals surface area (Å²) in [6, 6.07) is 0.502. The van der Waals surface area contributed by atoms with Gasteiger partial charge in [-0.05, 0) is 20.8 Å². The lowest BCUT2D eigenvalue weighted by Crippen LogP contribution is -2.39. The zero-order valence-electron chi connectivity index (χ0n) is 9.62. The van der Waals surface area contributed by atoms with Gasteiger partial charge in [0.05, 0.1) is 11.1 Å². The summed E-state index contributed by atoms with van der Waals surface area (Å²) in [6.45, 7) is 8.25. The molecule has 2 N–H and O–H groups in total. The van der Waals surface area contributed by atoms with Crippen molar-refractivity contribution in [1.82, 2.24) is 4.90 Å². The second kappa shape index (κ2) is 7.15. The smallest absolute Gasteiger partial charge is 0.0740 e. The molecule has 1 unspecified atom stereocenters. The van der Waals surface area contributed by atoms with Crippen molar-refractivity contribution in [3.63, 3.8) is 0 Å². The Kier molecular flexibility index (Phi) is 7.05. The average Bonchev–Trinajstić information content (AvgIpc) is 2.10. The van der Waals surface area contributed by atoms with E-state index in [1.54, 1.807) is 7.11 Å². The number of methoxy groups -OCH3 is 1. The fourth-order valence-electron chi connectivity index (χ4n) is 1.22.